The number of nitrogens with zero attached hydrogens (tertiary/aromatic N) is 1. The third kappa shape index (κ3) is 3.97. The zero-order chi connectivity index (χ0) is 15.4. The lowest BCUT2D eigenvalue weighted by Crippen LogP contribution is -2.34. The van der Waals surface area contributed by atoms with E-state index in [2.05, 4.69) is 12.2 Å². The second-order valence-electron chi connectivity index (χ2n) is 5.75. The van der Waals surface area contributed by atoms with Crippen molar-refractivity contribution in [2.75, 3.05) is 24.1 Å². The zero-order valence-electron chi connectivity index (χ0n) is 12.7. The molecule has 5 nitrogen and oxygen atoms in total. The van der Waals surface area contributed by atoms with Gasteiger partial charge in [0.15, 0.2) is 0 Å². The highest BCUT2D eigenvalue weighted by atomic mass is 16.2. The minimum Gasteiger partial charge on any atom is -0.398 e. The Labute approximate surface area is 125 Å². The van der Waals surface area contributed by atoms with Gasteiger partial charge < -0.3 is 16.0 Å². The first-order valence-electron chi connectivity index (χ1n) is 7.43. The first-order chi connectivity index (χ1) is 9.99. The number of carbonyl (C=O) groups excluding carboxylic acids is 2. The molecule has 3 N–H and O–H groups in total. The normalized spacial score (nSPS) is 18.1. The van der Waals surface area contributed by atoms with Crippen LogP contribution in [-0.4, -0.2) is 29.8 Å². The molecule has 1 saturated heterocycles. The molecule has 114 valence electrons. The number of hydrogen-bond donors (Lipinski definition) is 2. The Morgan fingerprint density at radius 2 is 2.24 bits per heavy atom. The third-order valence-electron chi connectivity index (χ3n) is 3.89. The average Bonchev–Trinajstić information content (AvgIpc) is 2.74. The fourth-order valence-corrected chi connectivity index (χ4v) is 2.70. The van der Waals surface area contributed by atoms with Crippen LogP contribution in [0.25, 0.3) is 0 Å². The fraction of sp³-hybridized carbons (Fsp3) is 0.500. The van der Waals surface area contributed by atoms with Crippen molar-refractivity contribution in [1.29, 1.82) is 0 Å². The lowest BCUT2D eigenvalue weighted by molar-refractivity contribution is -0.131. The topological polar surface area (TPSA) is 75.4 Å². The number of anilines is 2. The smallest absolute Gasteiger partial charge is 0.243 e. The van der Waals surface area contributed by atoms with Crippen LogP contribution in [0.1, 0.15) is 31.7 Å². The van der Waals surface area contributed by atoms with E-state index in [1.54, 1.807) is 11.0 Å². The van der Waals surface area contributed by atoms with Gasteiger partial charge in [-0.25, -0.2) is 0 Å². The monoisotopic (exact) mass is 289 g/mol. The Kier molecular flexibility index (Phi) is 4.83. The van der Waals surface area contributed by atoms with Crippen molar-refractivity contribution in [3.63, 3.8) is 0 Å². The number of amides is 2. The van der Waals surface area contributed by atoms with E-state index in [0.717, 1.165) is 18.4 Å². The summed E-state index contributed by atoms with van der Waals surface area (Å²) in [5.74, 6) is 0.293. The SMILES string of the molecule is CCCC1CC(=O)N(CC(=O)Nc2ccc(C)c(N)c2)C1. The number of rotatable bonds is 5. The molecular weight excluding hydrogens is 266 g/mol. The van der Waals surface area contributed by atoms with Gasteiger partial charge in [-0.05, 0) is 37.0 Å². The first kappa shape index (κ1) is 15.4. The summed E-state index contributed by atoms with van der Waals surface area (Å²) >= 11 is 0. The fourth-order valence-electron chi connectivity index (χ4n) is 2.70. The molecule has 0 aromatic heterocycles. The molecule has 2 amide bonds. The van der Waals surface area contributed by atoms with E-state index < -0.39 is 0 Å². The van der Waals surface area contributed by atoms with Crippen LogP contribution in [0.5, 0.6) is 0 Å². The highest BCUT2D eigenvalue weighted by molar-refractivity contribution is 5.95. The van der Waals surface area contributed by atoms with Crippen LogP contribution in [0.4, 0.5) is 11.4 Å². The van der Waals surface area contributed by atoms with E-state index in [1.165, 1.54) is 0 Å². The van der Waals surface area contributed by atoms with E-state index >= 15 is 0 Å². The molecule has 2 rings (SSSR count). The number of nitrogens with two attached hydrogens (primary N) is 1. The standard InChI is InChI=1S/C16H23N3O2/c1-3-4-12-7-16(21)19(9-12)10-15(20)18-13-6-5-11(2)14(17)8-13/h5-6,8,12H,3-4,7,9-10,17H2,1-2H3,(H,18,20). The summed E-state index contributed by atoms with van der Waals surface area (Å²) in [6.45, 7) is 4.84. The van der Waals surface area contributed by atoms with Crippen molar-refractivity contribution in [1.82, 2.24) is 4.90 Å². The number of likely N-dealkylation sites (tertiary alicyclic amines) is 1. The van der Waals surface area contributed by atoms with Crippen LogP contribution in [0.15, 0.2) is 18.2 Å². The van der Waals surface area contributed by atoms with Gasteiger partial charge in [0, 0.05) is 24.3 Å². The Morgan fingerprint density at radius 3 is 2.90 bits per heavy atom. The molecule has 1 aliphatic rings. The number of aryl methyl sites for hydroxylation is 1. The molecular formula is C16H23N3O2. The summed E-state index contributed by atoms with van der Waals surface area (Å²) in [6, 6.07) is 5.41. The number of hydrogen-bond acceptors (Lipinski definition) is 3. The lowest BCUT2D eigenvalue weighted by atomic mass is 10.0. The van der Waals surface area contributed by atoms with Crippen molar-refractivity contribution in [3.05, 3.63) is 23.8 Å². The average molecular weight is 289 g/mol. The number of nitrogen functional groups attached to an aromatic ring is 1. The molecule has 5 heteroatoms. The molecule has 1 fully saturated rings. The summed E-state index contributed by atoms with van der Waals surface area (Å²) in [4.78, 5) is 25.5. The van der Waals surface area contributed by atoms with Crippen molar-refractivity contribution in [3.8, 4) is 0 Å². The van der Waals surface area contributed by atoms with E-state index in [-0.39, 0.29) is 18.4 Å². The van der Waals surface area contributed by atoms with Crippen LogP contribution in [0.2, 0.25) is 0 Å². The van der Waals surface area contributed by atoms with Gasteiger partial charge in [-0.3, -0.25) is 9.59 Å². The first-order valence-corrected chi connectivity index (χ1v) is 7.43. The highest BCUT2D eigenvalue weighted by Gasteiger charge is 2.29. The van der Waals surface area contributed by atoms with Crippen LogP contribution in [0, 0.1) is 12.8 Å². The van der Waals surface area contributed by atoms with Gasteiger partial charge >= 0.3 is 0 Å². The van der Waals surface area contributed by atoms with Crippen LogP contribution >= 0.6 is 0 Å². The molecule has 1 aromatic rings. The lowest BCUT2D eigenvalue weighted by Gasteiger charge is -2.16. The Morgan fingerprint density at radius 1 is 1.48 bits per heavy atom. The van der Waals surface area contributed by atoms with Gasteiger partial charge in [-0.15, -0.1) is 0 Å². The second kappa shape index (κ2) is 6.61. The summed E-state index contributed by atoms with van der Waals surface area (Å²) in [5, 5.41) is 2.79. The van der Waals surface area contributed by atoms with Gasteiger partial charge in [-0.1, -0.05) is 19.4 Å². The Hall–Kier alpha value is -2.04. The zero-order valence-corrected chi connectivity index (χ0v) is 12.7. The highest BCUT2D eigenvalue weighted by Crippen LogP contribution is 2.22. The summed E-state index contributed by atoms with van der Waals surface area (Å²) in [7, 11) is 0. The predicted molar refractivity (Wildman–Crippen MR) is 83.8 cm³/mol. The molecule has 0 bridgehead atoms. The van der Waals surface area contributed by atoms with E-state index in [4.69, 9.17) is 5.73 Å². The molecule has 0 aliphatic carbocycles. The van der Waals surface area contributed by atoms with Crippen LogP contribution < -0.4 is 11.1 Å². The predicted octanol–water partition coefficient (Wildman–Crippen LogP) is 2.16. The van der Waals surface area contributed by atoms with Crippen molar-refractivity contribution < 1.29 is 9.59 Å². The number of carbonyl (C=O) groups is 2. The molecule has 0 saturated carbocycles. The molecule has 1 atom stereocenters. The number of nitrogens with one attached hydrogen (secondary N) is 1. The van der Waals surface area contributed by atoms with E-state index in [0.29, 0.717) is 30.3 Å². The van der Waals surface area contributed by atoms with Gasteiger partial charge in [0.05, 0.1) is 6.54 Å². The van der Waals surface area contributed by atoms with Gasteiger partial charge in [0.2, 0.25) is 11.8 Å². The maximum Gasteiger partial charge on any atom is 0.243 e. The van der Waals surface area contributed by atoms with Crippen molar-refractivity contribution in [2.45, 2.75) is 33.1 Å². The minimum absolute atomic E-state index is 0.0759. The molecule has 1 aromatic carbocycles. The van der Waals surface area contributed by atoms with Crippen molar-refractivity contribution >= 4 is 23.2 Å². The molecule has 0 radical (unpaired) electrons. The third-order valence-corrected chi connectivity index (χ3v) is 3.89. The van der Waals surface area contributed by atoms with Crippen LogP contribution in [0.3, 0.4) is 0 Å². The largest absolute Gasteiger partial charge is 0.398 e. The van der Waals surface area contributed by atoms with Gasteiger partial charge in [0.1, 0.15) is 0 Å². The number of benzene rings is 1. The maximum atomic E-state index is 12.0. The second-order valence-corrected chi connectivity index (χ2v) is 5.75. The molecule has 21 heavy (non-hydrogen) atoms. The minimum atomic E-state index is -0.177. The van der Waals surface area contributed by atoms with Crippen molar-refractivity contribution in [2.24, 2.45) is 5.92 Å². The summed E-state index contributed by atoms with van der Waals surface area (Å²) < 4.78 is 0. The van der Waals surface area contributed by atoms with Gasteiger partial charge in [0.25, 0.3) is 0 Å². The van der Waals surface area contributed by atoms with Gasteiger partial charge in [-0.2, -0.15) is 0 Å². The molecule has 1 aliphatic heterocycles. The van der Waals surface area contributed by atoms with E-state index in [1.807, 2.05) is 19.1 Å². The van der Waals surface area contributed by atoms with Crippen LogP contribution in [-0.2, 0) is 9.59 Å². The Bertz CT molecular complexity index is 542. The summed E-state index contributed by atoms with van der Waals surface area (Å²) in [5.41, 5.74) is 8.11. The molecule has 0 spiro atoms. The van der Waals surface area contributed by atoms with E-state index in [9.17, 15) is 9.59 Å². The molecule has 1 heterocycles. The summed E-state index contributed by atoms with van der Waals surface area (Å²) in [6.07, 6.45) is 2.68. The molecule has 1 unspecified atom stereocenters. The quantitative estimate of drug-likeness (QED) is 0.816. The Balaban J connectivity index is 1.90. The maximum absolute atomic E-state index is 12.0.